The van der Waals surface area contributed by atoms with Gasteiger partial charge in [0.05, 0.1) is 24.8 Å². The average Bonchev–Trinajstić information content (AvgIpc) is 3.39. The number of aliphatic hydroxyl groups excluding tert-OH is 1. The number of hydrogen-bond acceptors (Lipinski definition) is 6. The summed E-state index contributed by atoms with van der Waals surface area (Å²) in [6.45, 7) is 3.22. The molecule has 156 valence electrons. The highest BCUT2D eigenvalue weighted by Gasteiger charge is 2.12. The second-order valence-electron chi connectivity index (χ2n) is 7.18. The highest BCUT2D eigenvalue weighted by Crippen LogP contribution is 2.13. The third kappa shape index (κ3) is 7.47. The number of hydrogen-bond donors (Lipinski definition) is 2. The van der Waals surface area contributed by atoms with Crippen LogP contribution in [-0.2, 0) is 34.3 Å². The Labute approximate surface area is 173 Å². The van der Waals surface area contributed by atoms with Crippen LogP contribution in [0.25, 0.3) is 0 Å². The molecular formula is C21H27N3O4S. The number of aliphatic hydroxyl groups is 1. The van der Waals surface area contributed by atoms with Crippen molar-refractivity contribution in [2.75, 3.05) is 25.4 Å². The Bertz CT molecular complexity index is 845. The monoisotopic (exact) mass is 417 g/mol. The van der Waals surface area contributed by atoms with Crippen LogP contribution in [0.15, 0.2) is 53.2 Å². The fourth-order valence-corrected chi connectivity index (χ4v) is 4.26. The second kappa shape index (κ2) is 10.9. The lowest BCUT2D eigenvalue weighted by Crippen LogP contribution is -2.30. The molecule has 1 fully saturated rings. The molecular weight excluding hydrogens is 390 g/mol. The molecule has 0 spiro atoms. The number of furan rings is 1. The van der Waals surface area contributed by atoms with E-state index >= 15 is 0 Å². The second-order valence-corrected chi connectivity index (χ2v) is 8.63. The minimum atomic E-state index is -1.32. The van der Waals surface area contributed by atoms with Gasteiger partial charge in [-0.2, -0.15) is 0 Å². The van der Waals surface area contributed by atoms with Crippen LogP contribution in [0, 0.1) is 0 Å². The predicted molar refractivity (Wildman–Crippen MR) is 112 cm³/mol. The highest BCUT2D eigenvalue weighted by atomic mass is 32.2. The lowest BCUT2D eigenvalue weighted by atomic mass is 10.1. The lowest BCUT2D eigenvalue weighted by Gasteiger charge is -2.14. The molecule has 1 aliphatic heterocycles. The van der Waals surface area contributed by atoms with Crippen LogP contribution in [-0.4, -0.2) is 50.5 Å². The molecule has 1 aliphatic rings. The number of carbonyl (C=O) groups is 1. The maximum atomic E-state index is 12.0. The molecule has 0 saturated carbocycles. The Morgan fingerprint density at radius 3 is 2.90 bits per heavy atom. The minimum absolute atomic E-state index is 0.00914. The quantitative estimate of drug-likeness (QED) is 0.576. The standard InChI is InChI=1S/C21H27N3O4S/c25-20(12-23-21(26)16-29(27)15-18-6-10-28-14-18)4-3-19-11-17(5-7-22-19)13-24-8-1-2-9-24/h4-7,10-11,14,25H,1-3,8-9,12-13,15-16H2,(H,23,26). The van der Waals surface area contributed by atoms with Crippen molar-refractivity contribution in [2.24, 2.45) is 0 Å². The van der Waals surface area contributed by atoms with E-state index in [1.807, 2.05) is 6.07 Å². The molecule has 1 atom stereocenters. The number of pyridine rings is 1. The van der Waals surface area contributed by atoms with Crippen molar-refractivity contribution >= 4 is 16.7 Å². The molecule has 29 heavy (non-hydrogen) atoms. The zero-order valence-corrected chi connectivity index (χ0v) is 17.2. The summed E-state index contributed by atoms with van der Waals surface area (Å²) in [7, 11) is -1.32. The van der Waals surface area contributed by atoms with Gasteiger partial charge in [-0.3, -0.25) is 18.9 Å². The lowest BCUT2D eigenvalue weighted by molar-refractivity contribution is -0.118. The Balaban J connectivity index is 1.40. The molecule has 3 heterocycles. The number of amides is 1. The van der Waals surface area contributed by atoms with Gasteiger partial charge in [0.15, 0.2) is 0 Å². The molecule has 7 nitrogen and oxygen atoms in total. The third-order valence-electron chi connectivity index (χ3n) is 4.70. The molecule has 1 amide bonds. The van der Waals surface area contributed by atoms with Crippen LogP contribution in [0.2, 0.25) is 0 Å². The summed E-state index contributed by atoms with van der Waals surface area (Å²) in [4.78, 5) is 18.7. The van der Waals surface area contributed by atoms with E-state index < -0.39 is 10.8 Å². The van der Waals surface area contributed by atoms with Crippen LogP contribution in [0.3, 0.4) is 0 Å². The van der Waals surface area contributed by atoms with E-state index in [0.29, 0.717) is 6.42 Å². The maximum absolute atomic E-state index is 12.0. The smallest absolute Gasteiger partial charge is 0.233 e. The molecule has 3 rings (SSSR count). The van der Waals surface area contributed by atoms with Gasteiger partial charge in [-0.05, 0) is 55.8 Å². The fourth-order valence-electron chi connectivity index (χ4n) is 3.23. The summed E-state index contributed by atoms with van der Waals surface area (Å²) < 4.78 is 16.9. The summed E-state index contributed by atoms with van der Waals surface area (Å²) >= 11 is 0. The largest absolute Gasteiger partial charge is 0.511 e. The molecule has 1 unspecified atom stereocenters. The fraction of sp³-hybridized carbons (Fsp3) is 0.429. The summed E-state index contributed by atoms with van der Waals surface area (Å²) in [5.41, 5.74) is 2.89. The van der Waals surface area contributed by atoms with Crippen LogP contribution >= 0.6 is 0 Å². The number of allylic oxidation sites excluding steroid dienone is 1. The molecule has 0 aliphatic carbocycles. The number of carbonyl (C=O) groups excluding carboxylic acids is 1. The molecule has 0 radical (unpaired) electrons. The Morgan fingerprint density at radius 2 is 2.14 bits per heavy atom. The van der Waals surface area contributed by atoms with Gasteiger partial charge < -0.3 is 14.8 Å². The Hall–Kier alpha value is -2.45. The number of nitrogens with zero attached hydrogens (tertiary/aromatic N) is 2. The zero-order chi connectivity index (χ0) is 20.5. The molecule has 0 aromatic carbocycles. The summed E-state index contributed by atoms with van der Waals surface area (Å²) in [6.07, 6.45) is 9.47. The van der Waals surface area contributed by atoms with Crippen molar-refractivity contribution in [3.63, 3.8) is 0 Å². The van der Waals surface area contributed by atoms with Gasteiger partial charge in [0.25, 0.3) is 0 Å². The van der Waals surface area contributed by atoms with E-state index in [2.05, 4.69) is 21.3 Å². The van der Waals surface area contributed by atoms with Gasteiger partial charge in [0.1, 0.15) is 11.5 Å². The van der Waals surface area contributed by atoms with Gasteiger partial charge in [0.2, 0.25) is 5.91 Å². The van der Waals surface area contributed by atoms with E-state index in [1.54, 1.807) is 18.3 Å². The SMILES string of the molecule is O=C(CS(=O)Cc1ccoc1)NCC(O)=CCc1cc(CN2CCCC2)ccn1. The molecule has 2 aromatic heterocycles. The van der Waals surface area contributed by atoms with Crippen molar-refractivity contribution in [3.8, 4) is 0 Å². The van der Waals surface area contributed by atoms with E-state index in [9.17, 15) is 14.1 Å². The van der Waals surface area contributed by atoms with E-state index in [-0.39, 0.29) is 29.7 Å². The van der Waals surface area contributed by atoms with Crippen LogP contribution in [0.5, 0.6) is 0 Å². The van der Waals surface area contributed by atoms with Crippen molar-refractivity contribution in [3.05, 3.63) is 65.6 Å². The van der Waals surface area contributed by atoms with Crippen LogP contribution < -0.4 is 5.32 Å². The van der Waals surface area contributed by atoms with Gasteiger partial charge in [-0.15, -0.1) is 0 Å². The number of likely N-dealkylation sites (tertiary alicyclic amines) is 1. The minimum Gasteiger partial charge on any atom is -0.511 e. The van der Waals surface area contributed by atoms with Gasteiger partial charge in [-0.25, -0.2) is 0 Å². The molecule has 8 heteroatoms. The maximum Gasteiger partial charge on any atom is 0.233 e. The molecule has 2 aromatic rings. The van der Waals surface area contributed by atoms with Gasteiger partial charge >= 0.3 is 0 Å². The zero-order valence-electron chi connectivity index (χ0n) is 16.4. The third-order valence-corrected chi connectivity index (χ3v) is 5.94. The average molecular weight is 418 g/mol. The first kappa shape index (κ1) is 21.3. The predicted octanol–water partition coefficient (Wildman–Crippen LogP) is 2.32. The van der Waals surface area contributed by atoms with Crippen molar-refractivity contribution in [1.82, 2.24) is 15.2 Å². The summed E-state index contributed by atoms with van der Waals surface area (Å²) in [6, 6.07) is 5.80. The van der Waals surface area contributed by atoms with Gasteiger partial charge in [0, 0.05) is 41.2 Å². The Kier molecular flexibility index (Phi) is 8.01. The topological polar surface area (TPSA) is 95.7 Å². The van der Waals surface area contributed by atoms with Crippen molar-refractivity contribution in [2.45, 2.75) is 31.6 Å². The number of rotatable bonds is 10. The van der Waals surface area contributed by atoms with Crippen molar-refractivity contribution in [1.29, 1.82) is 0 Å². The molecule has 0 bridgehead atoms. The first-order valence-electron chi connectivity index (χ1n) is 9.75. The molecule has 1 saturated heterocycles. The van der Waals surface area contributed by atoms with Gasteiger partial charge in [-0.1, -0.05) is 0 Å². The first-order valence-corrected chi connectivity index (χ1v) is 11.2. The van der Waals surface area contributed by atoms with E-state index in [1.165, 1.54) is 30.9 Å². The summed E-state index contributed by atoms with van der Waals surface area (Å²) in [5.74, 6) is -0.146. The van der Waals surface area contributed by atoms with Crippen LogP contribution in [0.1, 0.15) is 29.7 Å². The first-order chi connectivity index (χ1) is 14.1. The summed E-state index contributed by atoms with van der Waals surface area (Å²) in [5, 5.41) is 12.6. The number of aromatic nitrogens is 1. The Morgan fingerprint density at radius 1 is 1.31 bits per heavy atom. The van der Waals surface area contributed by atoms with Crippen LogP contribution in [0.4, 0.5) is 0 Å². The van der Waals surface area contributed by atoms with E-state index in [4.69, 9.17) is 4.42 Å². The molecule has 2 N–H and O–H groups in total. The number of nitrogens with one attached hydrogen (secondary N) is 1. The highest BCUT2D eigenvalue weighted by molar-refractivity contribution is 7.84. The van der Waals surface area contributed by atoms with Crippen molar-refractivity contribution < 1.29 is 18.5 Å². The normalized spacial score (nSPS) is 16.1. The van der Waals surface area contributed by atoms with E-state index in [0.717, 1.165) is 30.9 Å².